The molecule has 0 saturated heterocycles. The van der Waals surface area contributed by atoms with E-state index in [9.17, 15) is 4.79 Å². The van der Waals surface area contributed by atoms with Gasteiger partial charge in [-0.3, -0.25) is 4.79 Å². The second-order valence-corrected chi connectivity index (χ2v) is 6.69. The van der Waals surface area contributed by atoms with E-state index in [1.807, 2.05) is 36.4 Å². The van der Waals surface area contributed by atoms with Crippen molar-refractivity contribution < 1.29 is 9.53 Å². The normalized spacial score (nSPS) is 11.7. The molecule has 1 amide bonds. The molecule has 4 nitrogen and oxygen atoms in total. The maximum Gasteiger partial charge on any atom is 0.261 e. The zero-order valence-corrected chi connectivity index (χ0v) is 16.5. The first-order valence-corrected chi connectivity index (χ1v) is 9.36. The molecule has 25 heavy (non-hydrogen) atoms. The van der Waals surface area contributed by atoms with Crippen LogP contribution in [0.15, 0.2) is 53.0 Å². The molecule has 0 heterocycles. The third-order valence-electron chi connectivity index (χ3n) is 4.03. The van der Waals surface area contributed by atoms with Gasteiger partial charge in [-0.1, -0.05) is 28.1 Å². The van der Waals surface area contributed by atoms with Crippen LogP contribution >= 0.6 is 15.9 Å². The van der Waals surface area contributed by atoms with Crippen LogP contribution < -0.4 is 15.0 Å². The van der Waals surface area contributed by atoms with Gasteiger partial charge in [-0.25, -0.2) is 0 Å². The van der Waals surface area contributed by atoms with Gasteiger partial charge in [0.05, 0.1) is 0 Å². The number of carbonyl (C=O) groups excluding carboxylic acids is 1. The SMILES string of the molecule is CCN(CC)c1ccc(CNC(=O)C(C)Oc2ccc(Br)cc2)cc1. The summed E-state index contributed by atoms with van der Waals surface area (Å²) < 4.78 is 6.64. The predicted molar refractivity (Wildman–Crippen MR) is 106 cm³/mol. The van der Waals surface area contributed by atoms with Gasteiger partial charge in [0.15, 0.2) is 6.10 Å². The number of rotatable bonds is 8. The average Bonchev–Trinajstić information content (AvgIpc) is 2.63. The number of nitrogens with zero attached hydrogens (tertiary/aromatic N) is 1. The van der Waals surface area contributed by atoms with Gasteiger partial charge in [-0.15, -0.1) is 0 Å². The molecule has 2 rings (SSSR count). The summed E-state index contributed by atoms with van der Waals surface area (Å²) in [7, 11) is 0. The number of halogens is 1. The van der Waals surface area contributed by atoms with E-state index in [0.29, 0.717) is 12.3 Å². The van der Waals surface area contributed by atoms with Crippen LogP contribution in [0.25, 0.3) is 0 Å². The van der Waals surface area contributed by atoms with E-state index in [-0.39, 0.29) is 5.91 Å². The van der Waals surface area contributed by atoms with Crippen LogP contribution in [-0.4, -0.2) is 25.1 Å². The summed E-state index contributed by atoms with van der Waals surface area (Å²) in [5.74, 6) is 0.546. The van der Waals surface area contributed by atoms with Crippen molar-refractivity contribution in [2.45, 2.75) is 33.4 Å². The lowest BCUT2D eigenvalue weighted by atomic mass is 10.2. The Morgan fingerprint density at radius 1 is 1.08 bits per heavy atom. The van der Waals surface area contributed by atoms with Gasteiger partial charge < -0.3 is 15.0 Å². The quantitative estimate of drug-likeness (QED) is 0.709. The number of hydrogen-bond donors (Lipinski definition) is 1. The minimum Gasteiger partial charge on any atom is -0.481 e. The largest absolute Gasteiger partial charge is 0.481 e. The number of benzene rings is 2. The predicted octanol–water partition coefficient (Wildman–Crippen LogP) is 4.38. The first-order chi connectivity index (χ1) is 12.0. The molecule has 0 aromatic heterocycles. The van der Waals surface area contributed by atoms with Crippen molar-refractivity contribution in [3.8, 4) is 5.75 Å². The van der Waals surface area contributed by atoms with Gasteiger partial charge >= 0.3 is 0 Å². The Bertz CT molecular complexity index is 667. The summed E-state index contributed by atoms with van der Waals surface area (Å²) in [6, 6.07) is 15.7. The van der Waals surface area contributed by atoms with Crippen LogP contribution in [0.5, 0.6) is 5.75 Å². The molecule has 0 aliphatic heterocycles. The molecule has 5 heteroatoms. The molecule has 0 fully saturated rings. The number of amides is 1. The third kappa shape index (κ3) is 5.78. The minimum absolute atomic E-state index is 0.129. The fraction of sp³-hybridized carbons (Fsp3) is 0.350. The molecule has 0 radical (unpaired) electrons. The molecule has 0 aliphatic rings. The summed E-state index contributed by atoms with van der Waals surface area (Å²) in [6.07, 6.45) is -0.545. The fourth-order valence-electron chi connectivity index (χ4n) is 2.52. The first kappa shape index (κ1) is 19.3. The van der Waals surface area contributed by atoms with E-state index >= 15 is 0 Å². The van der Waals surface area contributed by atoms with Crippen molar-refractivity contribution in [2.75, 3.05) is 18.0 Å². The van der Waals surface area contributed by atoms with Gasteiger partial charge in [-0.05, 0) is 62.7 Å². The summed E-state index contributed by atoms with van der Waals surface area (Å²) in [5, 5.41) is 2.92. The Kier molecular flexibility index (Phi) is 7.31. The van der Waals surface area contributed by atoms with E-state index in [2.05, 4.69) is 52.1 Å². The number of hydrogen-bond acceptors (Lipinski definition) is 3. The molecular weight excluding hydrogens is 380 g/mol. The highest BCUT2D eigenvalue weighted by molar-refractivity contribution is 9.10. The van der Waals surface area contributed by atoms with E-state index in [4.69, 9.17) is 4.74 Å². The van der Waals surface area contributed by atoms with E-state index in [1.165, 1.54) is 5.69 Å². The molecule has 2 aromatic carbocycles. The van der Waals surface area contributed by atoms with Crippen LogP contribution in [0.4, 0.5) is 5.69 Å². The average molecular weight is 405 g/mol. The molecule has 1 unspecified atom stereocenters. The number of nitrogens with one attached hydrogen (secondary N) is 1. The maximum absolute atomic E-state index is 12.2. The summed E-state index contributed by atoms with van der Waals surface area (Å²) in [4.78, 5) is 14.5. The van der Waals surface area contributed by atoms with Crippen LogP contribution in [0.3, 0.4) is 0 Å². The molecule has 0 bridgehead atoms. The number of carbonyl (C=O) groups is 1. The highest BCUT2D eigenvalue weighted by Gasteiger charge is 2.14. The van der Waals surface area contributed by atoms with E-state index < -0.39 is 6.10 Å². The molecule has 2 aromatic rings. The molecule has 1 N–H and O–H groups in total. The standard InChI is InChI=1S/C20H25BrN2O2/c1-4-23(5-2)18-10-6-16(7-11-18)14-22-20(24)15(3)25-19-12-8-17(21)9-13-19/h6-13,15H,4-5,14H2,1-3H3,(H,22,24). The smallest absolute Gasteiger partial charge is 0.261 e. The lowest BCUT2D eigenvalue weighted by Gasteiger charge is -2.21. The topological polar surface area (TPSA) is 41.6 Å². The van der Waals surface area contributed by atoms with Crippen molar-refractivity contribution in [1.29, 1.82) is 0 Å². The zero-order valence-electron chi connectivity index (χ0n) is 15.0. The first-order valence-electron chi connectivity index (χ1n) is 8.57. The highest BCUT2D eigenvalue weighted by atomic mass is 79.9. The minimum atomic E-state index is -0.545. The van der Waals surface area contributed by atoms with Crippen molar-refractivity contribution >= 4 is 27.5 Å². The van der Waals surface area contributed by atoms with Crippen molar-refractivity contribution in [3.63, 3.8) is 0 Å². The van der Waals surface area contributed by atoms with E-state index in [0.717, 1.165) is 23.1 Å². The second-order valence-electron chi connectivity index (χ2n) is 5.77. The molecule has 0 spiro atoms. The Morgan fingerprint density at radius 2 is 1.68 bits per heavy atom. The van der Waals surface area contributed by atoms with Gasteiger partial charge in [-0.2, -0.15) is 0 Å². The van der Waals surface area contributed by atoms with Gasteiger partial charge in [0, 0.05) is 29.8 Å². The van der Waals surface area contributed by atoms with Crippen LogP contribution in [0.2, 0.25) is 0 Å². The fourth-order valence-corrected chi connectivity index (χ4v) is 2.78. The van der Waals surface area contributed by atoms with Gasteiger partial charge in [0.25, 0.3) is 5.91 Å². The van der Waals surface area contributed by atoms with Crippen LogP contribution in [0, 0.1) is 0 Å². The van der Waals surface area contributed by atoms with Crippen LogP contribution in [-0.2, 0) is 11.3 Å². The van der Waals surface area contributed by atoms with Gasteiger partial charge in [0.1, 0.15) is 5.75 Å². The van der Waals surface area contributed by atoms with Crippen molar-refractivity contribution in [1.82, 2.24) is 5.32 Å². The highest BCUT2D eigenvalue weighted by Crippen LogP contribution is 2.18. The zero-order chi connectivity index (χ0) is 18.2. The summed E-state index contributed by atoms with van der Waals surface area (Å²) >= 11 is 3.38. The van der Waals surface area contributed by atoms with Crippen molar-refractivity contribution in [3.05, 3.63) is 58.6 Å². The van der Waals surface area contributed by atoms with Gasteiger partial charge in [0.2, 0.25) is 0 Å². The third-order valence-corrected chi connectivity index (χ3v) is 4.56. The summed E-state index contributed by atoms with van der Waals surface area (Å²) in [6.45, 7) is 8.50. The summed E-state index contributed by atoms with van der Waals surface area (Å²) in [5.41, 5.74) is 2.27. The number of ether oxygens (including phenoxy) is 1. The number of anilines is 1. The molecular formula is C20H25BrN2O2. The monoisotopic (exact) mass is 404 g/mol. The Morgan fingerprint density at radius 3 is 2.24 bits per heavy atom. The lowest BCUT2D eigenvalue weighted by Crippen LogP contribution is -2.35. The van der Waals surface area contributed by atoms with Crippen molar-refractivity contribution in [2.24, 2.45) is 0 Å². The van der Waals surface area contributed by atoms with Crippen LogP contribution in [0.1, 0.15) is 26.3 Å². The maximum atomic E-state index is 12.2. The lowest BCUT2D eigenvalue weighted by molar-refractivity contribution is -0.127. The molecule has 1 atom stereocenters. The second kappa shape index (κ2) is 9.47. The molecule has 0 aliphatic carbocycles. The molecule has 134 valence electrons. The Balaban J connectivity index is 1.85. The Labute approximate surface area is 158 Å². The molecule has 0 saturated carbocycles. The Hall–Kier alpha value is -2.01. The van der Waals surface area contributed by atoms with E-state index in [1.54, 1.807) is 6.92 Å².